The third-order valence-corrected chi connectivity index (χ3v) is 5.34. The van der Waals surface area contributed by atoms with Crippen LogP contribution in [0.15, 0.2) is 42.4 Å². The zero-order valence-corrected chi connectivity index (χ0v) is 19.0. The van der Waals surface area contributed by atoms with Gasteiger partial charge in [0.25, 0.3) is 0 Å². The highest BCUT2D eigenvalue weighted by Gasteiger charge is 2.21. The second kappa shape index (κ2) is 11.1. The lowest BCUT2D eigenvalue weighted by Crippen LogP contribution is -2.29. The number of hydrogen-bond donors (Lipinski definition) is 5. The first-order valence-corrected chi connectivity index (χ1v) is 10.4. The normalized spacial score (nSPS) is 11.9. The van der Waals surface area contributed by atoms with Gasteiger partial charge in [0.15, 0.2) is 5.82 Å². The van der Waals surface area contributed by atoms with Crippen molar-refractivity contribution in [3.63, 3.8) is 0 Å². The van der Waals surface area contributed by atoms with Crippen LogP contribution >= 0.6 is 23.2 Å². The summed E-state index contributed by atoms with van der Waals surface area (Å²) in [7, 11) is 0. The van der Waals surface area contributed by atoms with Crippen molar-refractivity contribution in [1.82, 2.24) is 5.32 Å². The van der Waals surface area contributed by atoms with E-state index in [0.717, 1.165) is 6.20 Å². The number of rotatable bonds is 8. The van der Waals surface area contributed by atoms with Gasteiger partial charge in [0.1, 0.15) is 11.6 Å². The fraction of sp³-hybridized carbons (Fsp3) is 0.227. The Morgan fingerprint density at radius 3 is 2.50 bits per heavy atom. The molecule has 0 aliphatic rings. The molecule has 0 atom stereocenters. The zero-order valence-electron chi connectivity index (χ0n) is 17.5. The quantitative estimate of drug-likeness (QED) is 0.279. The van der Waals surface area contributed by atoms with Gasteiger partial charge in [0.05, 0.1) is 23.0 Å². The van der Waals surface area contributed by atoms with Crippen LogP contribution in [-0.4, -0.2) is 17.6 Å². The molecule has 0 saturated heterocycles. The molecule has 7 N–H and O–H groups in total. The molecule has 0 aliphatic heterocycles. The van der Waals surface area contributed by atoms with Crippen LogP contribution in [0.5, 0.6) is 5.75 Å². The van der Waals surface area contributed by atoms with E-state index >= 15 is 0 Å². The van der Waals surface area contributed by atoms with Gasteiger partial charge in [-0.15, -0.1) is 0 Å². The summed E-state index contributed by atoms with van der Waals surface area (Å²) >= 11 is 12.5. The van der Waals surface area contributed by atoms with Crippen LogP contribution in [0.1, 0.15) is 36.5 Å². The molecule has 0 saturated carbocycles. The van der Waals surface area contributed by atoms with E-state index in [1.54, 1.807) is 13.8 Å². The minimum absolute atomic E-state index is 0.0860. The summed E-state index contributed by atoms with van der Waals surface area (Å²) in [6.07, 6.45) is 3.65. The Kier molecular flexibility index (Phi) is 8.74. The van der Waals surface area contributed by atoms with E-state index in [-0.39, 0.29) is 62.8 Å². The van der Waals surface area contributed by atoms with Crippen LogP contribution in [0, 0.1) is 11.6 Å². The molecule has 0 heterocycles. The molecule has 10 heteroatoms. The number of benzene rings is 2. The molecule has 0 aliphatic carbocycles. The number of allylic oxidation sites excluding steroid dienone is 1. The van der Waals surface area contributed by atoms with E-state index in [1.165, 1.54) is 30.5 Å². The Morgan fingerprint density at radius 1 is 1.22 bits per heavy atom. The summed E-state index contributed by atoms with van der Waals surface area (Å²) in [5.41, 5.74) is 11.3. The lowest BCUT2D eigenvalue weighted by molar-refractivity contribution is -0.118. The van der Waals surface area contributed by atoms with Gasteiger partial charge in [0.2, 0.25) is 5.91 Å². The fourth-order valence-corrected chi connectivity index (χ4v) is 3.64. The van der Waals surface area contributed by atoms with Crippen molar-refractivity contribution in [1.29, 1.82) is 0 Å². The summed E-state index contributed by atoms with van der Waals surface area (Å²) in [6, 6.07) is 4.05. The van der Waals surface area contributed by atoms with E-state index in [0.29, 0.717) is 0 Å². The molecular formula is C22H24Cl2F2N4O2. The molecule has 0 radical (unpaired) electrons. The largest absolute Gasteiger partial charge is 0.508 e. The third kappa shape index (κ3) is 5.83. The number of anilines is 1. The Balaban J connectivity index is 2.25. The second-order valence-electron chi connectivity index (χ2n) is 7.20. The van der Waals surface area contributed by atoms with Gasteiger partial charge in [-0.3, -0.25) is 4.79 Å². The van der Waals surface area contributed by atoms with Gasteiger partial charge < -0.3 is 27.2 Å². The van der Waals surface area contributed by atoms with Crippen molar-refractivity contribution in [2.75, 3.05) is 11.9 Å². The zero-order chi connectivity index (χ0) is 24.0. The predicted octanol–water partition coefficient (Wildman–Crippen LogP) is 4.49. The maximum atomic E-state index is 14.9. The molecule has 1 amide bonds. The van der Waals surface area contributed by atoms with Crippen molar-refractivity contribution >= 4 is 34.8 Å². The standard InChI is InChI=1S/C22H24Cl2F2N4O2/c1-11(2)19-17(31)4-3-12(21(19)25)7-14-15(23)8-16(22(26)20(14)24)29-10-18(32)30-13(9-28)5-6-27/h3-6,8-9,11,29,31H,7,10,27-28H2,1-2H3,(H,30,32)/b6-5-,13-9+. The summed E-state index contributed by atoms with van der Waals surface area (Å²) in [4.78, 5) is 12.0. The van der Waals surface area contributed by atoms with E-state index in [2.05, 4.69) is 10.6 Å². The molecule has 0 fully saturated rings. The second-order valence-corrected chi connectivity index (χ2v) is 7.98. The van der Waals surface area contributed by atoms with Crippen LogP contribution in [0.3, 0.4) is 0 Å². The highest BCUT2D eigenvalue weighted by molar-refractivity contribution is 6.36. The molecule has 6 nitrogen and oxygen atoms in total. The first-order chi connectivity index (χ1) is 15.1. The molecule has 0 unspecified atom stereocenters. The van der Waals surface area contributed by atoms with Crippen molar-refractivity contribution in [2.45, 2.75) is 26.2 Å². The number of nitrogens with two attached hydrogens (primary N) is 2. The molecule has 2 aromatic carbocycles. The molecule has 0 spiro atoms. The molecule has 2 aromatic rings. The maximum absolute atomic E-state index is 14.9. The number of nitrogens with one attached hydrogen (secondary N) is 2. The summed E-state index contributed by atoms with van der Waals surface area (Å²) < 4.78 is 29.7. The lowest BCUT2D eigenvalue weighted by atomic mass is 9.95. The molecule has 0 aromatic heterocycles. The molecule has 2 rings (SSSR count). The van der Waals surface area contributed by atoms with E-state index in [4.69, 9.17) is 34.7 Å². The number of hydrogen-bond acceptors (Lipinski definition) is 5. The Hall–Kier alpha value is -2.97. The van der Waals surface area contributed by atoms with Crippen molar-refractivity contribution in [3.8, 4) is 5.75 Å². The molecule has 0 bridgehead atoms. The number of phenols is 1. The van der Waals surface area contributed by atoms with Crippen LogP contribution in [0.25, 0.3) is 0 Å². The van der Waals surface area contributed by atoms with Crippen LogP contribution < -0.4 is 22.1 Å². The minimum atomic E-state index is -0.835. The van der Waals surface area contributed by atoms with Crippen molar-refractivity contribution in [3.05, 3.63) is 80.7 Å². The monoisotopic (exact) mass is 484 g/mol. The number of carbonyl (C=O) groups is 1. The minimum Gasteiger partial charge on any atom is -0.508 e. The SMILES string of the molecule is CC(C)c1c(O)ccc(Cc2c(Cl)cc(NCC(=O)NC(/C=C\N)=C/N)c(F)c2Cl)c1F. The van der Waals surface area contributed by atoms with Gasteiger partial charge >= 0.3 is 0 Å². The first-order valence-electron chi connectivity index (χ1n) is 9.61. The van der Waals surface area contributed by atoms with Crippen molar-refractivity contribution < 1.29 is 18.7 Å². The maximum Gasteiger partial charge on any atom is 0.243 e. The van der Waals surface area contributed by atoms with Gasteiger partial charge in [-0.05, 0) is 41.5 Å². The van der Waals surface area contributed by atoms with Crippen LogP contribution in [0.2, 0.25) is 10.0 Å². The topological polar surface area (TPSA) is 113 Å². The fourth-order valence-electron chi connectivity index (χ4n) is 3.05. The summed E-state index contributed by atoms with van der Waals surface area (Å²) in [6.45, 7) is 3.19. The Labute approximate surface area is 194 Å². The predicted molar refractivity (Wildman–Crippen MR) is 124 cm³/mol. The Morgan fingerprint density at radius 2 is 1.91 bits per heavy atom. The molecule has 172 valence electrons. The van der Waals surface area contributed by atoms with Gasteiger partial charge in [0, 0.05) is 23.2 Å². The van der Waals surface area contributed by atoms with Gasteiger partial charge in [-0.1, -0.05) is 43.1 Å². The highest BCUT2D eigenvalue weighted by atomic mass is 35.5. The number of halogens is 4. The average Bonchev–Trinajstić information content (AvgIpc) is 2.73. The number of amides is 1. The Bertz CT molecular complexity index is 1070. The highest BCUT2D eigenvalue weighted by Crippen LogP contribution is 2.37. The van der Waals surface area contributed by atoms with E-state index < -0.39 is 17.5 Å². The van der Waals surface area contributed by atoms with E-state index in [9.17, 15) is 18.7 Å². The van der Waals surface area contributed by atoms with Crippen molar-refractivity contribution in [2.24, 2.45) is 11.5 Å². The number of carbonyl (C=O) groups excluding carboxylic acids is 1. The molecule has 32 heavy (non-hydrogen) atoms. The first kappa shape index (κ1) is 25.3. The number of phenolic OH excluding ortho intramolecular Hbond substituents is 1. The summed E-state index contributed by atoms with van der Waals surface area (Å²) in [5, 5.41) is 14.8. The van der Waals surface area contributed by atoms with Gasteiger partial charge in [-0.25, -0.2) is 8.78 Å². The van der Waals surface area contributed by atoms with Gasteiger partial charge in [-0.2, -0.15) is 0 Å². The third-order valence-electron chi connectivity index (χ3n) is 4.61. The average molecular weight is 485 g/mol. The lowest BCUT2D eigenvalue weighted by Gasteiger charge is -2.16. The van der Waals surface area contributed by atoms with Crippen LogP contribution in [0.4, 0.5) is 14.5 Å². The van der Waals surface area contributed by atoms with Crippen LogP contribution in [-0.2, 0) is 11.2 Å². The van der Waals surface area contributed by atoms with E-state index in [1.807, 2.05) is 0 Å². The molecular weight excluding hydrogens is 461 g/mol. The smallest absolute Gasteiger partial charge is 0.243 e. The number of aromatic hydroxyl groups is 1. The summed E-state index contributed by atoms with van der Waals surface area (Å²) in [5.74, 6) is -2.36.